The fraction of sp³-hybridized carbons (Fsp3) is 0.182. The number of thiazole rings is 1. The van der Waals surface area contributed by atoms with E-state index in [4.69, 9.17) is 0 Å². The van der Waals surface area contributed by atoms with E-state index in [2.05, 4.69) is 14.4 Å². The van der Waals surface area contributed by atoms with Crippen molar-refractivity contribution in [2.24, 2.45) is 0 Å². The summed E-state index contributed by atoms with van der Waals surface area (Å²) in [7, 11) is -4.23. The summed E-state index contributed by atoms with van der Waals surface area (Å²) in [6.07, 6.45) is -3.54. The summed E-state index contributed by atoms with van der Waals surface area (Å²) >= 11 is 1.06. The summed E-state index contributed by atoms with van der Waals surface area (Å²) < 4.78 is 67.0. The molecule has 5 nitrogen and oxygen atoms in total. The fourth-order valence-corrected chi connectivity index (χ4v) is 3.49. The van der Waals surface area contributed by atoms with Crippen molar-refractivity contribution in [2.75, 3.05) is 4.72 Å². The molecule has 2 rings (SSSR count). The van der Waals surface area contributed by atoms with Crippen molar-refractivity contribution >= 4 is 26.5 Å². The molecule has 1 aromatic carbocycles. The van der Waals surface area contributed by atoms with Gasteiger partial charge in [0.05, 0.1) is 0 Å². The third-order valence-corrected chi connectivity index (χ3v) is 4.54. The van der Waals surface area contributed by atoms with E-state index in [1.807, 2.05) is 0 Å². The predicted molar refractivity (Wildman–Crippen MR) is 70.8 cm³/mol. The van der Waals surface area contributed by atoms with Crippen molar-refractivity contribution < 1.29 is 26.3 Å². The highest BCUT2D eigenvalue weighted by molar-refractivity contribution is 7.93. The fourth-order valence-electron chi connectivity index (χ4n) is 1.45. The SMILES string of the molecule is Cc1cnc(NS(=O)(=O)c2ccccc2OC(F)(F)F)s1. The van der Waals surface area contributed by atoms with Gasteiger partial charge in [0.15, 0.2) is 5.13 Å². The van der Waals surface area contributed by atoms with Crippen molar-refractivity contribution in [3.05, 3.63) is 35.3 Å². The number of para-hydroxylation sites is 1. The third kappa shape index (κ3) is 4.08. The average Bonchev–Trinajstić information content (AvgIpc) is 2.72. The van der Waals surface area contributed by atoms with Crippen LogP contribution in [0.25, 0.3) is 0 Å². The average molecular weight is 338 g/mol. The van der Waals surface area contributed by atoms with Crippen LogP contribution in [0, 0.1) is 6.92 Å². The summed E-state index contributed by atoms with van der Waals surface area (Å²) in [5, 5.41) is 0.0642. The van der Waals surface area contributed by atoms with Crippen LogP contribution in [-0.2, 0) is 10.0 Å². The molecular weight excluding hydrogens is 329 g/mol. The molecule has 1 heterocycles. The summed E-state index contributed by atoms with van der Waals surface area (Å²) in [5.41, 5.74) is 0. The monoisotopic (exact) mass is 338 g/mol. The molecule has 0 aliphatic carbocycles. The third-order valence-electron chi connectivity index (χ3n) is 2.21. The maximum atomic E-state index is 12.3. The zero-order chi connectivity index (χ0) is 15.7. The van der Waals surface area contributed by atoms with Gasteiger partial charge < -0.3 is 4.74 Å². The van der Waals surface area contributed by atoms with E-state index in [-0.39, 0.29) is 5.13 Å². The Hall–Kier alpha value is -1.81. The van der Waals surface area contributed by atoms with Gasteiger partial charge in [-0.1, -0.05) is 12.1 Å². The van der Waals surface area contributed by atoms with E-state index >= 15 is 0 Å². The standard InChI is InChI=1S/C11H9F3N2O3S2/c1-7-6-15-10(20-7)16-21(17,18)9-5-3-2-4-8(9)19-11(12,13)14/h2-6H,1H3,(H,15,16). The maximum Gasteiger partial charge on any atom is 0.573 e. The van der Waals surface area contributed by atoms with E-state index < -0.39 is 27.0 Å². The molecule has 21 heavy (non-hydrogen) atoms. The summed E-state index contributed by atoms with van der Waals surface area (Å²) in [6.45, 7) is 1.72. The first-order valence-corrected chi connectivity index (χ1v) is 7.77. The second-order valence-corrected chi connectivity index (χ2v) is 6.76. The van der Waals surface area contributed by atoms with Gasteiger partial charge in [-0.15, -0.1) is 24.5 Å². The first-order valence-electron chi connectivity index (χ1n) is 5.47. The number of hydrogen-bond acceptors (Lipinski definition) is 5. The molecule has 0 aliphatic heterocycles. The lowest BCUT2D eigenvalue weighted by Gasteiger charge is -2.13. The molecule has 0 bridgehead atoms. The molecule has 0 fully saturated rings. The summed E-state index contributed by atoms with van der Waals surface area (Å²) in [4.78, 5) is 3.94. The van der Waals surface area contributed by atoms with Gasteiger partial charge in [0, 0.05) is 11.1 Å². The van der Waals surface area contributed by atoms with Crippen LogP contribution in [0.4, 0.5) is 18.3 Å². The normalized spacial score (nSPS) is 12.2. The summed E-state index contributed by atoms with van der Waals surface area (Å²) in [6, 6.07) is 4.48. The number of aromatic nitrogens is 1. The second kappa shape index (κ2) is 5.53. The molecule has 114 valence electrons. The van der Waals surface area contributed by atoms with Gasteiger partial charge in [-0.25, -0.2) is 13.4 Å². The molecule has 2 aromatic rings. The largest absolute Gasteiger partial charge is 0.573 e. The van der Waals surface area contributed by atoms with Crippen LogP contribution in [0.15, 0.2) is 35.4 Å². The van der Waals surface area contributed by atoms with Gasteiger partial charge in [0.25, 0.3) is 10.0 Å². The number of rotatable bonds is 4. The van der Waals surface area contributed by atoms with Crippen molar-refractivity contribution in [2.45, 2.75) is 18.2 Å². The highest BCUT2D eigenvalue weighted by Crippen LogP contribution is 2.31. The number of halogens is 3. The number of aryl methyl sites for hydroxylation is 1. The number of nitrogens with zero attached hydrogens (tertiary/aromatic N) is 1. The number of nitrogens with one attached hydrogen (secondary N) is 1. The first kappa shape index (κ1) is 15.6. The van der Waals surface area contributed by atoms with Gasteiger partial charge >= 0.3 is 6.36 Å². The Kier molecular flexibility index (Phi) is 4.10. The Morgan fingerprint density at radius 1 is 1.29 bits per heavy atom. The molecule has 0 atom stereocenters. The predicted octanol–water partition coefficient (Wildman–Crippen LogP) is 3.15. The zero-order valence-electron chi connectivity index (χ0n) is 10.5. The highest BCUT2D eigenvalue weighted by atomic mass is 32.2. The molecule has 0 saturated heterocycles. The van der Waals surface area contributed by atoms with E-state index in [0.29, 0.717) is 0 Å². The van der Waals surface area contributed by atoms with Gasteiger partial charge in [-0.2, -0.15) is 0 Å². The van der Waals surface area contributed by atoms with Crippen LogP contribution in [0.1, 0.15) is 4.88 Å². The van der Waals surface area contributed by atoms with Crippen molar-refractivity contribution in [1.82, 2.24) is 4.98 Å². The number of sulfonamides is 1. The topological polar surface area (TPSA) is 68.3 Å². The van der Waals surface area contributed by atoms with Gasteiger partial charge in [0.2, 0.25) is 0 Å². The molecule has 0 radical (unpaired) electrons. The lowest BCUT2D eigenvalue weighted by atomic mass is 10.3. The van der Waals surface area contributed by atoms with Gasteiger partial charge in [-0.05, 0) is 19.1 Å². The summed E-state index contributed by atoms with van der Waals surface area (Å²) in [5.74, 6) is -0.800. The molecule has 0 spiro atoms. The first-order chi connectivity index (χ1) is 9.67. The Bertz CT molecular complexity index is 741. The Morgan fingerprint density at radius 2 is 1.95 bits per heavy atom. The van der Waals surface area contributed by atoms with Gasteiger partial charge in [0.1, 0.15) is 10.6 Å². The van der Waals surface area contributed by atoms with Crippen LogP contribution in [0.5, 0.6) is 5.75 Å². The minimum atomic E-state index is -4.98. The lowest BCUT2D eigenvalue weighted by Crippen LogP contribution is -2.20. The molecule has 0 unspecified atom stereocenters. The molecule has 0 saturated carbocycles. The van der Waals surface area contributed by atoms with Crippen LogP contribution < -0.4 is 9.46 Å². The van der Waals surface area contributed by atoms with Crippen LogP contribution in [0.2, 0.25) is 0 Å². The number of benzene rings is 1. The maximum absolute atomic E-state index is 12.3. The van der Waals surface area contributed by atoms with E-state index in [1.165, 1.54) is 18.3 Å². The Labute approximate surface area is 122 Å². The number of alkyl halides is 3. The lowest BCUT2D eigenvalue weighted by molar-refractivity contribution is -0.275. The van der Waals surface area contributed by atoms with Crippen molar-refractivity contribution in [3.8, 4) is 5.75 Å². The van der Waals surface area contributed by atoms with E-state index in [1.54, 1.807) is 6.92 Å². The van der Waals surface area contributed by atoms with Crippen molar-refractivity contribution in [3.63, 3.8) is 0 Å². The van der Waals surface area contributed by atoms with E-state index in [0.717, 1.165) is 28.3 Å². The van der Waals surface area contributed by atoms with E-state index in [9.17, 15) is 21.6 Å². The number of hydrogen-bond donors (Lipinski definition) is 1. The van der Waals surface area contributed by atoms with Crippen molar-refractivity contribution in [1.29, 1.82) is 0 Å². The molecular formula is C11H9F3N2O3S2. The van der Waals surface area contributed by atoms with Crippen LogP contribution >= 0.6 is 11.3 Å². The molecule has 0 amide bonds. The number of ether oxygens (including phenoxy) is 1. The Morgan fingerprint density at radius 3 is 2.52 bits per heavy atom. The number of anilines is 1. The quantitative estimate of drug-likeness (QED) is 0.930. The molecule has 1 aromatic heterocycles. The zero-order valence-corrected chi connectivity index (χ0v) is 12.1. The second-order valence-electron chi connectivity index (χ2n) is 3.88. The molecule has 10 heteroatoms. The molecule has 0 aliphatic rings. The molecule has 1 N–H and O–H groups in total. The smallest absolute Gasteiger partial charge is 0.404 e. The van der Waals surface area contributed by atoms with Gasteiger partial charge in [-0.3, -0.25) is 4.72 Å². The highest BCUT2D eigenvalue weighted by Gasteiger charge is 2.34. The Balaban J connectivity index is 2.36. The van der Waals surface area contributed by atoms with Crippen LogP contribution in [0.3, 0.4) is 0 Å². The minimum absolute atomic E-state index is 0.0642. The van der Waals surface area contributed by atoms with Crippen LogP contribution in [-0.4, -0.2) is 19.8 Å². The minimum Gasteiger partial charge on any atom is -0.404 e.